The summed E-state index contributed by atoms with van der Waals surface area (Å²) in [4.78, 5) is 0. The Bertz CT molecular complexity index is 606. The predicted octanol–water partition coefficient (Wildman–Crippen LogP) is 6.14. The quantitative estimate of drug-likeness (QED) is 0.528. The minimum absolute atomic E-state index is 0.0540. The third-order valence-corrected chi connectivity index (χ3v) is 6.40. The van der Waals surface area contributed by atoms with Gasteiger partial charge in [-0.15, -0.1) is 0 Å². The van der Waals surface area contributed by atoms with E-state index in [0.717, 1.165) is 31.3 Å². The summed E-state index contributed by atoms with van der Waals surface area (Å²) < 4.78 is 44.6. The zero-order valence-electron chi connectivity index (χ0n) is 17.2. The summed E-state index contributed by atoms with van der Waals surface area (Å²) in [7, 11) is 0. The molecule has 1 aromatic carbocycles. The largest absolute Gasteiger partial charge is 0.491 e. The van der Waals surface area contributed by atoms with Gasteiger partial charge >= 0.3 is 0 Å². The molecule has 0 amide bonds. The molecule has 0 bridgehead atoms. The fourth-order valence-corrected chi connectivity index (χ4v) is 4.76. The Morgan fingerprint density at radius 3 is 2.11 bits per heavy atom. The van der Waals surface area contributed by atoms with E-state index < -0.39 is 11.6 Å². The molecule has 1 aliphatic carbocycles. The first kappa shape index (κ1) is 21.4. The van der Waals surface area contributed by atoms with E-state index in [1.54, 1.807) is 6.92 Å². The van der Waals surface area contributed by atoms with Gasteiger partial charge in [0.25, 0.3) is 0 Å². The molecule has 5 heteroatoms. The summed E-state index contributed by atoms with van der Waals surface area (Å²) in [5, 5.41) is 0. The van der Waals surface area contributed by atoms with Crippen LogP contribution in [-0.2, 0) is 4.74 Å². The van der Waals surface area contributed by atoms with Crippen molar-refractivity contribution in [1.29, 1.82) is 0 Å². The third kappa shape index (κ3) is 5.37. The van der Waals surface area contributed by atoms with Crippen LogP contribution >= 0.6 is 0 Å². The van der Waals surface area contributed by atoms with E-state index in [0.29, 0.717) is 5.92 Å². The Morgan fingerprint density at radius 2 is 1.54 bits per heavy atom. The van der Waals surface area contributed by atoms with Crippen LogP contribution in [0.4, 0.5) is 8.78 Å². The zero-order valence-corrected chi connectivity index (χ0v) is 17.2. The van der Waals surface area contributed by atoms with E-state index >= 15 is 0 Å². The summed E-state index contributed by atoms with van der Waals surface area (Å²) in [5.41, 5.74) is 0. The fraction of sp³-hybridized carbons (Fsp3) is 0.739. The van der Waals surface area contributed by atoms with Crippen LogP contribution in [0.1, 0.15) is 65.2 Å². The lowest BCUT2D eigenvalue weighted by atomic mass is 9.73. The average Bonchev–Trinajstić information content (AvgIpc) is 2.72. The van der Waals surface area contributed by atoms with E-state index in [1.165, 1.54) is 50.7 Å². The molecule has 3 nitrogen and oxygen atoms in total. The Balaban J connectivity index is 1.42. The highest BCUT2D eigenvalue weighted by Gasteiger charge is 2.31. The maximum Gasteiger partial charge on any atom is 0.204 e. The molecule has 158 valence electrons. The van der Waals surface area contributed by atoms with Crippen molar-refractivity contribution in [2.75, 3.05) is 19.8 Å². The van der Waals surface area contributed by atoms with E-state index in [1.807, 2.05) is 0 Å². The van der Waals surface area contributed by atoms with Gasteiger partial charge in [0.1, 0.15) is 6.61 Å². The second kappa shape index (κ2) is 10.4. The van der Waals surface area contributed by atoms with Crippen LogP contribution < -0.4 is 9.47 Å². The van der Waals surface area contributed by atoms with Gasteiger partial charge in [0.2, 0.25) is 11.6 Å². The highest BCUT2D eigenvalue weighted by Crippen LogP contribution is 2.39. The van der Waals surface area contributed by atoms with Crippen LogP contribution in [0.15, 0.2) is 12.1 Å². The number of ether oxygens (including phenoxy) is 3. The van der Waals surface area contributed by atoms with Crippen LogP contribution in [-0.4, -0.2) is 25.9 Å². The molecule has 2 unspecified atom stereocenters. The molecule has 2 aliphatic rings. The van der Waals surface area contributed by atoms with Gasteiger partial charge in [0.05, 0.1) is 19.3 Å². The molecule has 0 aromatic heterocycles. The molecule has 1 aliphatic heterocycles. The molecule has 0 N–H and O–H groups in total. The molecular formula is C23H34F2O3. The fourth-order valence-electron chi connectivity index (χ4n) is 4.76. The Kier molecular flexibility index (Phi) is 7.95. The molecule has 2 fully saturated rings. The maximum atomic E-state index is 14.1. The normalized spacial score (nSPS) is 28.1. The third-order valence-electron chi connectivity index (χ3n) is 6.40. The highest BCUT2D eigenvalue weighted by atomic mass is 19.2. The van der Waals surface area contributed by atoms with Gasteiger partial charge in [-0.1, -0.05) is 32.6 Å². The van der Waals surface area contributed by atoms with E-state index in [2.05, 4.69) is 6.92 Å². The van der Waals surface area contributed by atoms with Gasteiger partial charge in [-0.3, -0.25) is 0 Å². The number of benzene rings is 1. The number of hydrogen-bond donors (Lipinski definition) is 0. The van der Waals surface area contributed by atoms with Crippen LogP contribution in [0.3, 0.4) is 0 Å². The van der Waals surface area contributed by atoms with Crippen LogP contribution in [0.5, 0.6) is 11.5 Å². The van der Waals surface area contributed by atoms with Crippen molar-refractivity contribution in [1.82, 2.24) is 0 Å². The topological polar surface area (TPSA) is 27.7 Å². The molecule has 0 radical (unpaired) electrons. The van der Waals surface area contributed by atoms with Crippen molar-refractivity contribution in [3.05, 3.63) is 23.8 Å². The summed E-state index contributed by atoms with van der Waals surface area (Å²) in [5.74, 6) is 0.187. The second-order valence-corrected chi connectivity index (χ2v) is 8.30. The van der Waals surface area contributed by atoms with Crippen molar-refractivity contribution in [2.24, 2.45) is 17.8 Å². The van der Waals surface area contributed by atoms with Crippen LogP contribution in [0.25, 0.3) is 0 Å². The SMILES string of the molecule is CCCC1CCC(C2CCC(COc3ccc(OCC)c(F)c3F)OC2)CC1. The number of halogens is 2. The Morgan fingerprint density at radius 1 is 0.893 bits per heavy atom. The van der Waals surface area contributed by atoms with E-state index in [9.17, 15) is 8.78 Å². The van der Waals surface area contributed by atoms with Crippen molar-refractivity contribution >= 4 is 0 Å². The lowest BCUT2D eigenvalue weighted by Crippen LogP contribution is -2.35. The molecule has 2 atom stereocenters. The summed E-state index contributed by atoms with van der Waals surface area (Å²) in [6.07, 6.45) is 10.1. The molecule has 1 heterocycles. The van der Waals surface area contributed by atoms with Crippen molar-refractivity contribution in [2.45, 2.75) is 71.3 Å². The lowest BCUT2D eigenvalue weighted by Gasteiger charge is -2.37. The maximum absolute atomic E-state index is 14.1. The van der Waals surface area contributed by atoms with Crippen molar-refractivity contribution < 1.29 is 23.0 Å². The monoisotopic (exact) mass is 396 g/mol. The van der Waals surface area contributed by atoms with Gasteiger partial charge < -0.3 is 14.2 Å². The lowest BCUT2D eigenvalue weighted by molar-refractivity contribution is -0.0564. The Labute approximate surface area is 167 Å². The standard InChI is InChI=1S/C23H34F2O3/c1-3-5-16-6-8-17(9-7-16)18-10-11-19(27-14-18)15-28-21-13-12-20(26-4-2)22(24)23(21)25/h12-13,16-19H,3-11,14-15H2,1-2H3. The molecule has 28 heavy (non-hydrogen) atoms. The molecule has 1 aromatic rings. The smallest absolute Gasteiger partial charge is 0.204 e. The van der Waals surface area contributed by atoms with Crippen molar-refractivity contribution in [3.63, 3.8) is 0 Å². The molecule has 1 saturated heterocycles. The summed E-state index contributed by atoms with van der Waals surface area (Å²) in [6, 6.07) is 2.83. The minimum atomic E-state index is -0.998. The van der Waals surface area contributed by atoms with Crippen LogP contribution in [0, 0.1) is 29.4 Å². The average molecular weight is 397 g/mol. The molecule has 3 rings (SSSR count). The van der Waals surface area contributed by atoms with Crippen molar-refractivity contribution in [3.8, 4) is 11.5 Å². The first-order valence-corrected chi connectivity index (χ1v) is 11.0. The first-order chi connectivity index (χ1) is 13.6. The van der Waals surface area contributed by atoms with Crippen LogP contribution in [0.2, 0.25) is 0 Å². The predicted molar refractivity (Wildman–Crippen MR) is 106 cm³/mol. The van der Waals surface area contributed by atoms with E-state index in [4.69, 9.17) is 14.2 Å². The molecular weight excluding hydrogens is 362 g/mol. The number of hydrogen-bond acceptors (Lipinski definition) is 3. The molecule has 1 saturated carbocycles. The second-order valence-electron chi connectivity index (χ2n) is 8.30. The van der Waals surface area contributed by atoms with Gasteiger partial charge in [-0.2, -0.15) is 8.78 Å². The van der Waals surface area contributed by atoms with Gasteiger partial charge in [0, 0.05) is 0 Å². The first-order valence-electron chi connectivity index (χ1n) is 11.0. The van der Waals surface area contributed by atoms with Gasteiger partial charge in [-0.25, -0.2) is 0 Å². The summed E-state index contributed by atoms with van der Waals surface area (Å²) >= 11 is 0. The minimum Gasteiger partial charge on any atom is -0.491 e. The Hall–Kier alpha value is -1.36. The van der Waals surface area contributed by atoms with E-state index in [-0.39, 0.29) is 30.8 Å². The number of rotatable bonds is 8. The van der Waals surface area contributed by atoms with Gasteiger partial charge in [-0.05, 0) is 62.5 Å². The highest BCUT2D eigenvalue weighted by molar-refractivity contribution is 5.35. The summed E-state index contributed by atoms with van der Waals surface area (Å²) in [6.45, 7) is 5.30. The molecule has 0 spiro atoms. The van der Waals surface area contributed by atoms with Gasteiger partial charge in [0.15, 0.2) is 11.5 Å². The zero-order chi connectivity index (χ0) is 19.9.